The molecule has 0 aromatic heterocycles. The number of halogens is 1. The first-order valence-corrected chi connectivity index (χ1v) is 11.3. The molecule has 0 N–H and O–H groups in total. The van der Waals surface area contributed by atoms with E-state index in [1.807, 2.05) is 6.07 Å². The van der Waals surface area contributed by atoms with Gasteiger partial charge in [-0.2, -0.15) is 0 Å². The Morgan fingerprint density at radius 2 is 1.63 bits per heavy atom. The number of likely N-dealkylation sites (tertiary alicyclic amines) is 1. The zero-order valence-corrected chi connectivity index (χ0v) is 17.5. The summed E-state index contributed by atoms with van der Waals surface area (Å²) in [4.78, 5) is 14.9. The molecule has 1 amide bonds. The normalized spacial score (nSPS) is 15.2. The molecule has 1 heterocycles. The summed E-state index contributed by atoms with van der Waals surface area (Å²) in [5.74, 6) is -0.156. The summed E-state index contributed by atoms with van der Waals surface area (Å²) < 4.78 is 28.5. The first-order chi connectivity index (χ1) is 13.0. The van der Waals surface area contributed by atoms with Crippen LogP contribution in [0.5, 0.6) is 0 Å². The van der Waals surface area contributed by atoms with E-state index in [0.717, 1.165) is 30.2 Å². The maximum absolute atomic E-state index is 13.3. The van der Waals surface area contributed by atoms with Crippen molar-refractivity contribution in [2.24, 2.45) is 0 Å². The second-order valence-electron chi connectivity index (χ2n) is 6.60. The van der Waals surface area contributed by atoms with E-state index in [2.05, 4.69) is 15.9 Å². The Balaban J connectivity index is 1.94. The molecule has 144 valence electrons. The molecule has 2 aromatic carbocycles. The quantitative estimate of drug-likeness (QED) is 0.690. The highest BCUT2D eigenvalue weighted by molar-refractivity contribution is 9.10. The topological polar surface area (TPSA) is 57.7 Å². The van der Waals surface area contributed by atoms with Gasteiger partial charge in [0.05, 0.1) is 10.6 Å². The second kappa shape index (κ2) is 8.89. The molecular formula is C20H23BrN2O3S. The molecule has 1 aliphatic rings. The van der Waals surface area contributed by atoms with Crippen molar-refractivity contribution in [2.75, 3.05) is 23.9 Å². The molecule has 0 atom stereocenters. The van der Waals surface area contributed by atoms with Crippen LogP contribution in [0.25, 0.3) is 0 Å². The van der Waals surface area contributed by atoms with Crippen LogP contribution in [0.4, 0.5) is 5.69 Å². The lowest BCUT2D eigenvalue weighted by molar-refractivity contribution is -0.129. The fraction of sp³-hybridized carbons (Fsp3) is 0.350. The molecule has 1 fully saturated rings. The zero-order valence-electron chi connectivity index (χ0n) is 15.1. The summed E-state index contributed by atoms with van der Waals surface area (Å²) in [6, 6.07) is 15.3. The highest BCUT2D eigenvalue weighted by Crippen LogP contribution is 2.26. The van der Waals surface area contributed by atoms with E-state index in [0.29, 0.717) is 18.8 Å². The van der Waals surface area contributed by atoms with E-state index in [1.54, 1.807) is 53.4 Å². The summed E-state index contributed by atoms with van der Waals surface area (Å²) in [6.07, 6.45) is 4.16. The maximum Gasteiger partial charge on any atom is 0.264 e. The van der Waals surface area contributed by atoms with Crippen LogP contribution in [0.3, 0.4) is 0 Å². The van der Waals surface area contributed by atoms with Crippen molar-refractivity contribution in [2.45, 2.75) is 30.6 Å². The summed E-state index contributed by atoms with van der Waals surface area (Å²) >= 11 is 3.39. The number of nitrogens with zero attached hydrogens (tertiary/aromatic N) is 2. The molecule has 1 aliphatic heterocycles. The number of sulfonamides is 1. The van der Waals surface area contributed by atoms with E-state index in [9.17, 15) is 13.2 Å². The Labute approximate surface area is 169 Å². The van der Waals surface area contributed by atoms with Crippen LogP contribution in [0, 0.1) is 0 Å². The molecule has 0 bridgehead atoms. The smallest absolute Gasteiger partial charge is 0.264 e. The summed E-state index contributed by atoms with van der Waals surface area (Å²) in [5, 5.41) is 0. The van der Waals surface area contributed by atoms with Gasteiger partial charge in [0.2, 0.25) is 5.91 Å². The van der Waals surface area contributed by atoms with Crippen LogP contribution < -0.4 is 4.31 Å². The summed E-state index contributed by atoms with van der Waals surface area (Å²) in [5.41, 5.74) is 0.469. The summed E-state index contributed by atoms with van der Waals surface area (Å²) in [7, 11) is -3.85. The van der Waals surface area contributed by atoms with Gasteiger partial charge in [-0.15, -0.1) is 0 Å². The number of rotatable bonds is 5. The lowest BCUT2D eigenvalue weighted by Gasteiger charge is -2.28. The SMILES string of the molecule is O=C(CN(c1cccc(Br)c1)S(=O)(=O)c1ccccc1)N1CCCCCC1. The van der Waals surface area contributed by atoms with Crippen LogP contribution in [-0.2, 0) is 14.8 Å². The number of benzene rings is 2. The average Bonchev–Trinajstić information content (AvgIpc) is 2.96. The van der Waals surface area contributed by atoms with E-state index >= 15 is 0 Å². The van der Waals surface area contributed by atoms with Crippen molar-refractivity contribution in [3.05, 3.63) is 59.1 Å². The minimum absolute atomic E-state index is 0.156. The number of hydrogen-bond donors (Lipinski definition) is 0. The van der Waals surface area contributed by atoms with Gasteiger partial charge in [0.1, 0.15) is 6.54 Å². The van der Waals surface area contributed by atoms with Crippen molar-refractivity contribution >= 4 is 37.5 Å². The number of anilines is 1. The monoisotopic (exact) mass is 450 g/mol. The largest absolute Gasteiger partial charge is 0.341 e. The van der Waals surface area contributed by atoms with Gasteiger partial charge in [-0.05, 0) is 43.2 Å². The first-order valence-electron chi connectivity index (χ1n) is 9.09. The Hall–Kier alpha value is -1.86. The number of carbonyl (C=O) groups excluding carboxylic acids is 1. The molecule has 1 saturated heterocycles. The standard InChI is InChI=1S/C20H23BrN2O3S/c21-17-9-8-10-18(15-17)23(27(25,26)19-11-4-3-5-12-19)16-20(24)22-13-6-1-2-7-14-22/h3-5,8-12,15H,1-2,6-7,13-14,16H2. The third-order valence-corrected chi connectivity index (χ3v) is 6.95. The van der Waals surface area contributed by atoms with Crippen LogP contribution in [0.15, 0.2) is 64.0 Å². The highest BCUT2D eigenvalue weighted by Gasteiger charge is 2.29. The van der Waals surface area contributed by atoms with Crippen LogP contribution in [0.1, 0.15) is 25.7 Å². The molecule has 0 aliphatic carbocycles. The second-order valence-corrected chi connectivity index (χ2v) is 9.38. The molecule has 27 heavy (non-hydrogen) atoms. The Kier molecular flexibility index (Phi) is 6.55. The van der Waals surface area contributed by atoms with Crippen molar-refractivity contribution < 1.29 is 13.2 Å². The molecule has 5 nitrogen and oxygen atoms in total. The van der Waals surface area contributed by atoms with Crippen molar-refractivity contribution in [3.8, 4) is 0 Å². The minimum Gasteiger partial charge on any atom is -0.341 e. The van der Waals surface area contributed by atoms with Gasteiger partial charge >= 0.3 is 0 Å². The number of hydrogen-bond acceptors (Lipinski definition) is 3. The van der Waals surface area contributed by atoms with E-state index < -0.39 is 10.0 Å². The molecule has 0 spiro atoms. The van der Waals surface area contributed by atoms with Gasteiger partial charge in [-0.3, -0.25) is 9.10 Å². The van der Waals surface area contributed by atoms with Gasteiger partial charge in [0.25, 0.3) is 10.0 Å². The Bertz CT molecular complexity index is 879. The molecule has 7 heteroatoms. The molecule has 0 radical (unpaired) electrons. The van der Waals surface area contributed by atoms with E-state index in [-0.39, 0.29) is 17.3 Å². The van der Waals surface area contributed by atoms with Gasteiger partial charge < -0.3 is 4.90 Å². The molecule has 3 rings (SSSR count). The van der Waals surface area contributed by atoms with Crippen molar-refractivity contribution in [1.82, 2.24) is 4.90 Å². The number of amides is 1. The van der Waals surface area contributed by atoms with Crippen LogP contribution in [-0.4, -0.2) is 38.9 Å². The molecular weight excluding hydrogens is 428 g/mol. The fourth-order valence-electron chi connectivity index (χ4n) is 3.21. The van der Waals surface area contributed by atoms with Gasteiger partial charge in [-0.1, -0.05) is 53.0 Å². The highest BCUT2D eigenvalue weighted by atomic mass is 79.9. The lowest BCUT2D eigenvalue weighted by atomic mass is 10.2. The lowest BCUT2D eigenvalue weighted by Crippen LogP contribution is -2.43. The van der Waals surface area contributed by atoms with Crippen molar-refractivity contribution in [3.63, 3.8) is 0 Å². The average molecular weight is 451 g/mol. The Morgan fingerprint density at radius 3 is 2.26 bits per heavy atom. The third-order valence-electron chi connectivity index (χ3n) is 4.67. The molecule has 0 unspecified atom stereocenters. The van der Waals surface area contributed by atoms with Crippen LogP contribution >= 0.6 is 15.9 Å². The summed E-state index contributed by atoms with van der Waals surface area (Å²) in [6.45, 7) is 1.18. The van der Waals surface area contributed by atoms with Crippen molar-refractivity contribution in [1.29, 1.82) is 0 Å². The third kappa shape index (κ3) is 4.90. The van der Waals surface area contributed by atoms with E-state index in [4.69, 9.17) is 0 Å². The van der Waals surface area contributed by atoms with Crippen LogP contribution in [0.2, 0.25) is 0 Å². The fourth-order valence-corrected chi connectivity index (χ4v) is 5.02. The maximum atomic E-state index is 13.3. The van der Waals surface area contributed by atoms with Gasteiger partial charge in [0.15, 0.2) is 0 Å². The minimum atomic E-state index is -3.85. The molecule has 0 saturated carbocycles. The predicted octanol–water partition coefficient (Wildman–Crippen LogP) is 4.05. The van der Waals surface area contributed by atoms with E-state index in [1.165, 1.54) is 4.31 Å². The zero-order chi connectivity index (χ0) is 19.3. The first kappa shape index (κ1) is 19.9. The predicted molar refractivity (Wildman–Crippen MR) is 110 cm³/mol. The number of carbonyl (C=O) groups is 1. The van der Waals surface area contributed by atoms with Gasteiger partial charge in [-0.25, -0.2) is 8.42 Å². The van der Waals surface area contributed by atoms with Gasteiger partial charge in [0, 0.05) is 17.6 Å². The Morgan fingerprint density at radius 1 is 0.963 bits per heavy atom. The molecule has 2 aromatic rings.